The average molecular weight is 517 g/mol. The molecule has 1 aliphatic heterocycles. The van der Waals surface area contributed by atoms with Gasteiger partial charge in [-0.3, -0.25) is 9.89 Å². The highest BCUT2D eigenvalue weighted by Gasteiger charge is 2.44. The third-order valence-electron chi connectivity index (χ3n) is 6.36. The molecule has 1 aliphatic carbocycles. The van der Waals surface area contributed by atoms with Crippen LogP contribution in [-0.4, -0.2) is 75.2 Å². The van der Waals surface area contributed by atoms with Crippen molar-refractivity contribution in [2.45, 2.75) is 38.1 Å². The summed E-state index contributed by atoms with van der Waals surface area (Å²) in [6, 6.07) is 7.52. The summed E-state index contributed by atoms with van der Waals surface area (Å²) in [5, 5.41) is 7.02. The Balaban J connectivity index is 0.00000300. The molecule has 3 rings (SSSR count). The van der Waals surface area contributed by atoms with Crippen LogP contribution in [0.1, 0.15) is 32.3 Å². The molecule has 164 valence electrons. The van der Waals surface area contributed by atoms with Crippen LogP contribution >= 0.6 is 24.0 Å². The zero-order chi connectivity index (χ0) is 20.1. The maximum atomic E-state index is 13.6. The number of benzene rings is 1. The number of aliphatic imine (C=N–C) groups is 1. The summed E-state index contributed by atoms with van der Waals surface area (Å²) in [5.74, 6) is 1.26. The first-order chi connectivity index (χ1) is 13.4. The van der Waals surface area contributed by atoms with Gasteiger partial charge in [0.1, 0.15) is 5.82 Å². The molecule has 1 saturated heterocycles. The zero-order valence-corrected chi connectivity index (χ0v) is 20.6. The maximum absolute atomic E-state index is 13.6. The SMILES string of the molecule is CN=C(NCC(C(C)C)N1CCN(C)CC1)NCC1(c2cccc(F)c2)CC1.I. The van der Waals surface area contributed by atoms with E-state index in [1.807, 2.05) is 13.1 Å². The molecule has 1 aromatic rings. The summed E-state index contributed by atoms with van der Waals surface area (Å²) in [4.78, 5) is 9.40. The topological polar surface area (TPSA) is 42.9 Å². The van der Waals surface area contributed by atoms with E-state index < -0.39 is 0 Å². The smallest absolute Gasteiger partial charge is 0.191 e. The van der Waals surface area contributed by atoms with Crippen molar-refractivity contribution in [2.75, 3.05) is 53.4 Å². The van der Waals surface area contributed by atoms with Crippen LogP contribution < -0.4 is 10.6 Å². The highest BCUT2D eigenvalue weighted by Crippen LogP contribution is 2.47. The average Bonchev–Trinajstić information content (AvgIpc) is 3.47. The molecule has 2 fully saturated rings. The van der Waals surface area contributed by atoms with Crippen LogP contribution in [0, 0.1) is 11.7 Å². The lowest BCUT2D eigenvalue weighted by Crippen LogP contribution is -2.55. The van der Waals surface area contributed by atoms with Crippen LogP contribution in [0.25, 0.3) is 0 Å². The van der Waals surface area contributed by atoms with Gasteiger partial charge in [0.05, 0.1) is 0 Å². The van der Waals surface area contributed by atoms with E-state index in [2.05, 4.69) is 46.3 Å². The van der Waals surface area contributed by atoms with Crippen molar-refractivity contribution in [3.63, 3.8) is 0 Å². The molecule has 1 atom stereocenters. The Bertz CT molecular complexity index is 669. The number of piperazine rings is 1. The van der Waals surface area contributed by atoms with Gasteiger partial charge in [0, 0.05) is 57.8 Å². The molecule has 29 heavy (non-hydrogen) atoms. The summed E-state index contributed by atoms with van der Waals surface area (Å²) >= 11 is 0. The summed E-state index contributed by atoms with van der Waals surface area (Å²) < 4.78 is 13.6. The molecular weight excluding hydrogens is 480 g/mol. The lowest BCUT2D eigenvalue weighted by Gasteiger charge is -2.40. The van der Waals surface area contributed by atoms with Crippen LogP contribution in [0.2, 0.25) is 0 Å². The molecule has 0 bridgehead atoms. The van der Waals surface area contributed by atoms with Gasteiger partial charge in [0.2, 0.25) is 0 Å². The van der Waals surface area contributed by atoms with Crippen molar-refractivity contribution in [1.29, 1.82) is 0 Å². The van der Waals surface area contributed by atoms with Gasteiger partial charge < -0.3 is 15.5 Å². The van der Waals surface area contributed by atoms with Crippen molar-refractivity contribution in [2.24, 2.45) is 10.9 Å². The lowest BCUT2D eigenvalue weighted by molar-refractivity contribution is 0.0900. The number of nitrogens with one attached hydrogen (secondary N) is 2. The van der Waals surface area contributed by atoms with E-state index in [0.29, 0.717) is 12.0 Å². The fourth-order valence-corrected chi connectivity index (χ4v) is 4.15. The van der Waals surface area contributed by atoms with E-state index in [1.54, 1.807) is 12.1 Å². The van der Waals surface area contributed by atoms with Gasteiger partial charge in [-0.1, -0.05) is 26.0 Å². The lowest BCUT2D eigenvalue weighted by atomic mass is 9.96. The molecule has 7 heteroatoms. The minimum atomic E-state index is -0.154. The molecule has 0 spiro atoms. The maximum Gasteiger partial charge on any atom is 0.191 e. The predicted molar refractivity (Wildman–Crippen MR) is 130 cm³/mol. The standard InChI is InChI=1S/C22H36FN5.HI/c1-17(2)20(28-12-10-27(4)11-13-28)15-25-21(24-3)26-16-22(8-9-22)18-6-5-7-19(23)14-18;/h5-7,14,17,20H,8-13,15-16H2,1-4H3,(H2,24,25,26);1H. The van der Waals surface area contributed by atoms with Gasteiger partial charge >= 0.3 is 0 Å². The van der Waals surface area contributed by atoms with E-state index in [4.69, 9.17) is 0 Å². The fourth-order valence-electron chi connectivity index (χ4n) is 4.15. The highest BCUT2D eigenvalue weighted by molar-refractivity contribution is 14.0. The van der Waals surface area contributed by atoms with Crippen LogP contribution in [0.4, 0.5) is 4.39 Å². The second-order valence-corrected chi connectivity index (χ2v) is 8.75. The molecule has 1 aromatic carbocycles. The number of halogens is 2. The number of guanidine groups is 1. The molecule has 0 aromatic heterocycles. The van der Waals surface area contributed by atoms with Crippen molar-refractivity contribution >= 4 is 29.9 Å². The largest absolute Gasteiger partial charge is 0.356 e. The first kappa shape index (κ1) is 24.3. The number of nitrogens with zero attached hydrogens (tertiary/aromatic N) is 3. The van der Waals surface area contributed by atoms with Crippen molar-refractivity contribution < 1.29 is 4.39 Å². The molecule has 0 radical (unpaired) electrons. The first-order valence-electron chi connectivity index (χ1n) is 10.6. The highest BCUT2D eigenvalue weighted by atomic mass is 127. The summed E-state index contributed by atoms with van der Waals surface area (Å²) in [5.41, 5.74) is 1.14. The van der Waals surface area contributed by atoms with Crippen molar-refractivity contribution in [3.05, 3.63) is 35.6 Å². The Morgan fingerprint density at radius 2 is 1.86 bits per heavy atom. The normalized spacial score (nSPS) is 20.8. The number of hydrogen-bond acceptors (Lipinski definition) is 3. The van der Waals surface area contributed by atoms with Crippen molar-refractivity contribution in [1.82, 2.24) is 20.4 Å². The summed E-state index contributed by atoms with van der Waals surface area (Å²) in [7, 11) is 4.01. The molecule has 1 unspecified atom stereocenters. The first-order valence-corrected chi connectivity index (χ1v) is 10.6. The molecule has 0 amide bonds. The van der Waals surface area contributed by atoms with Gasteiger partial charge in [0.15, 0.2) is 5.96 Å². The fraction of sp³-hybridized carbons (Fsp3) is 0.682. The van der Waals surface area contributed by atoms with Gasteiger partial charge in [-0.25, -0.2) is 4.39 Å². The van der Waals surface area contributed by atoms with E-state index >= 15 is 0 Å². The quantitative estimate of drug-likeness (QED) is 0.332. The molecule has 2 aliphatic rings. The second-order valence-electron chi connectivity index (χ2n) is 8.75. The van der Waals surface area contributed by atoms with Gasteiger partial charge in [-0.05, 0) is 43.5 Å². The Morgan fingerprint density at radius 1 is 1.17 bits per heavy atom. The van der Waals surface area contributed by atoms with Gasteiger partial charge in [-0.15, -0.1) is 24.0 Å². The van der Waals surface area contributed by atoms with Crippen LogP contribution in [-0.2, 0) is 5.41 Å². The van der Waals surface area contributed by atoms with E-state index in [-0.39, 0.29) is 35.2 Å². The third kappa shape index (κ3) is 6.52. The minimum Gasteiger partial charge on any atom is -0.356 e. The van der Waals surface area contributed by atoms with Gasteiger partial charge in [-0.2, -0.15) is 0 Å². The molecule has 1 saturated carbocycles. The Kier molecular flexibility index (Phi) is 9.15. The molecular formula is C22H37FIN5. The number of likely N-dealkylation sites (N-methyl/N-ethyl adjacent to an activating group) is 1. The van der Waals surface area contributed by atoms with Gasteiger partial charge in [0.25, 0.3) is 0 Å². The molecule has 2 N–H and O–H groups in total. The van der Waals surface area contributed by atoms with Crippen LogP contribution in [0.5, 0.6) is 0 Å². The van der Waals surface area contributed by atoms with Crippen LogP contribution in [0.3, 0.4) is 0 Å². The molecule has 5 nitrogen and oxygen atoms in total. The van der Waals surface area contributed by atoms with Crippen molar-refractivity contribution in [3.8, 4) is 0 Å². The zero-order valence-electron chi connectivity index (χ0n) is 18.2. The van der Waals surface area contributed by atoms with E-state index in [9.17, 15) is 4.39 Å². The summed E-state index contributed by atoms with van der Waals surface area (Å²) in [6.07, 6.45) is 2.19. The predicted octanol–water partition coefficient (Wildman–Crippen LogP) is 2.91. The monoisotopic (exact) mass is 517 g/mol. The summed E-state index contributed by atoms with van der Waals surface area (Å²) in [6.45, 7) is 10.8. The van der Waals surface area contributed by atoms with E-state index in [0.717, 1.165) is 63.6 Å². The third-order valence-corrected chi connectivity index (χ3v) is 6.36. The Hall–Kier alpha value is -0.930. The minimum absolute atomic E-state index is 0. The number of rotatable bonds is 7. The van der Waals surface area contributed by atoms with E-state index in [1.165, 1.54) is 6.07 Å². The Labute approximate surface area is 192 Å². The number of hydrogen-bond donors (Lipinski definition) is 2. The Morgan fingerprint density at radius 3 is 2.41 bits per heavy atom. The molecule has 1 heterocycles. The van der Waals surface area contributed by atoms with Crippen LogP contribution in [0.15, 0.2) is 29.3 Å². The second kappa shape index (κ2) is 10.9.